The molecule has 110 valence electrons. The van der Waals surface area contributed by atoms with Crippen LogP contribution in [0, 0.1) is 5.92 Å². The van der Waals surface area contributed by atoms with Crippen molar-refractivity contribution in [2.24, 2.45) is 5.92 Å². The van der Waals surface area contributed by atoms with Crippen molar-refractivity contribution in [2.75, 3.05) is 0 Å². The SMILES string of the molecule is O=C(c1ccccc1)C(C(=O)c1ccccc1)C1=CCCC1. The Labute approximate surface area is 130 Å². The van der Waals surface area contributed by atoms with Crippen LogP contribution in [0.1, 0.15) is 40.0 Å². The van der Waals surface area contributed by atoms with Crippen LogP contribution in [0.5, 0.6) is 0 Å². The number of benzene rings is 2. The highest BCUT2D eigenvalue weighted by molar-refractivity contribution is 6.18. The van der Waals surface area contributed by atoms with E-state index in [4.69, 9.17) is 0 Å². The summed E-state index contributed by atoms with van der Waals surface area (Å²) < 4.78 is 0. The number of carbonyl (C=O) groups excluding carboxylic acids is 2. The van der Waals surface area contributed by atoms with Crippen LogP contribution in [0.2, 0.25) is 0 Å². The summed E-state index contributed by atoms with van der Waals surface area (Å²) in [6.07, 6.45) is 4.88. The minimum atomic E-state index is -0.674. The predicted molar refractivity (Wildman–Crippen MR) is 87.0 cm³/mol. The Hall–Kier alpha value is -2.48. The van der Waals surface area contributed by atoms with Crippen molar-refractivity contribution >= 4 is 11.6 Å². The van der Waals surface area contributed by atoms with Crippen molar-refractivity contribution in [1.29, 1.82) is 0 Å². The second kappa shape index (κ2) is 6.52. The molecule has 0 atom stereocenters. The monoisotopic (exact) mass is 290 g/mol. The van der Waals surface area contributed by atoms with E-state index >= 15 is 0 Å². The molecule has 0 spiro atoms. The third-order valence-corrected chi connectivity index (χ3v) is 4.09. The highest BCUT2D eigenvalue weighted by atomic mass is 16.2. The molecule has 0 saturated heterocycles. The standard InChI is InChI=1S/C20H18O2/c21-19(16-11-3-1-4-12-16)18(15-9-7-8-10-15)20(22)17-13-5-2-6-14-17/h1-6,9,11-14,18H,7-8,10H2. The van der Waals surface area contributed by atoms with Gasteiger partial charge in [-0.3, -0.25) is 9.59 Å². The first-order chi connectivity index (χ1) is 10.8. The molecule has 2 aromatic rings. The number of Topliss-reactive ketones (excluding diaryl/α,β-unsaturated/α-hetero) is 2. The van der Waals surface area contributed by atoms with Crippen molar-refractivity contribution in [1.82, 2.24) is 0 Å². The van der Waals surface area contributed by atoms with Gasteiger partial charge in [-0.25, -0.2) is 0 Å². The Morgan fingerprint density at radius 2 is 1.27 bits per heavy atom. The molecule has 2 nitrogen and oxygen atoms in total. The number of carbonyl (C=O) groups is 2. The van der Waals surface area contributed by atoms with E-state index in [-0.39, 0.29) is 11.6 Å². The molecule has 0 aromatic heterocycles. The van der Waals surface area contributed by atoms with Gasteiger partial charge < -0.3 is 0 Å². The topological polar surface area (TPSA) is 34.1 Å². The maximum atomic E-state index is 12.9. The lowest BCUT2D eigenvalue weighted by Crippen LogP contribution is -2.26. The molecule has 2 heteroatoms. The number of ketones is 2. The zero-order chi connectivity index (χ0) is 15.4. The molecule has 0 heterocycles. The molecule has 0 aliphatic heterocycles. The second-order valence-electron chi connectivity index (χ2n) is 5.56. The van der Waals surface area contributed by atoms with E-state index in [1.165, 1.54) is 0 Å². The zero-order valence-corrected chi connectivity index (χ0v) is 12.4. The fraction of sp³-hybridized carbons (Fsp3) is 0.200. The van der Waals surface area contributed by atoms with Gasteiger partial charge >= 0.3 is 0 Å². The highest BCUT2D eigenvalue weighted by Gasteiger charge is 2.32. The molecular formula is C20H18O2. The maximum Gasteiger partial charge on any atom is 0.177 e. The predicted octanol–water partition coefficient (Wildman–Crippen LogP) is 4.48. The van der Waals surface area contributed by atoms with Crippen molar-refractivity contribution in [3.63, 3.8) is 0 Å². The Balaban J connectivity index is 1.98. The van der Waals surface area contributed by atoms with E-state index in [0.717, 1.165) is 24.8 Å². The fourth-order valence-electron chi connectivity index (χ4n) is 2.95. The van der Waals surface area contributed by atoms with E-state index in [2.05, 4.69) is 6.08 Å². The normalized spacial score (nSPS) is 14.0. The highest BCUT2D eigenvalue weighted by Crippen LogP contribution is 2.30. The third kappa shape index (κ3) is 2.91. The summed E-state index contributed by atoms with van der Waals surface area (Å²) in [5.41, 5.74) is 2.18. The fourth-order valence-corrected chi connectivity index (χ4v) is 2.95. The quantitative estimate of drug-likeness (QED) is 0.462. The molecule has 2 aromatic carbocycles. The van der Waals surface area contributed by atoms with Crippen molar-refractivity contribution < 1.29 is 9.59 Å². The summed E-state index contributed by atoms with van der Waals surface area (Å²) in [6.45, 7) is 0. The van der Waals surface area contributed by atoms with Crippen LogP contribution < -0.4 is 0 Å². The van der Waals surface area contributed by atoms with Crippen molar-refractivity contribution in [2.45, 2.75) is 19.3 Å². The van der Waals surface area contributed by atoms with Gasteiger partial charge in [-0.05, 0) is 19.3 Å². The van der Waals surface area contributed by atoms with Gasteiger partial charge in [-0.15, -0.1) is 0 Å². The molecule has 3 rings (SSSR count). The minimum absolute atomic E-state index is 0.0948. The van der Waals surface area contributed by atoms with E-state index < -0.39 is 5.92 Å². The Bertz CT molecular complexity index is 648. The van der Waals surface area contributed by atoms with Crippen LogP contribution in [-0.4, -0.2) is 11.6 Å². The molecular weight excluding hydrogens is 272 g/mol. The zero-order valence-electron chi connectivity index (χ0n) is 12.4. The lowest BCUT2D eigenvalue weighted by Gasteiger charge is -2.16. The number of rotatable bonds is 5. The van der Waals surface area contributed by atoms with Gasteiger partial charge in [0.1, 0.15) is 5.92 Å². The number of hydrogen-bond acceptors (Lipinski definition) is 2. The van der Waals surface area contributed by atoms with Crippen LogP contribution in [0.4, 0.5) is 0 Å². The van der Waals surface area contributed by atoms with Gasteiger partial charge in [0, 0.05) is 11.1 Å². The van der Waals surface area contributed by atoms with Gasteiger partial charge in [-0.1, -0.05) is 72.3 Å². The van der Waals surface area contributed by atoms with Crippen LogP contribution in [0.3, 0.4) is 0 Å². The minimum Gasteiger partial charge on any atom is -0.293 e. The van der Waals surface area contributed by atoms with Crippen LogP contribution in [0.25, 0.3) is 0 Å². The molecule has 0 amide bonds. The Morgan fingerprint density at radius 3 is 1.68 bits per heavy atom. The summed E-state index contributed by atoms with van der Waals surface area (Å²) >= 11 is 0. The van der Waals surface area contributed by atoms with E-state index in [0.29, 0.717) is 11.1 Å². The number of allylic oxidation sites excluding steroid dienone is 2. The van der Waals surface area contributed by atoms with Crippen molar-refractivity contribution in [3.8, 4) is 0 Å². The van der Waals surface area contributed by atoms with Crippen LogP contribution in [0.15, 0.2) is 72.3 Å². The Morgan fingerprint density at radius 1 is 0.773 bits per heavy atom. The molecule has 0 radical (unpaired) electrons. The lowest BCUT2D eigenvalue weighted by atomic mass is 9.84. The first-order valence-corrected chi connectivity index (χ1v) is 7.65. The summed E-state index contributed by atoms with van der Waals surface area (Å²) in [6, 6.07) is 18.2. The number of hydrogen-bond donors (Lipinski definition) is 0. The average Bonchev–Trinajstić information content (AvgIpc) is 3.10. The molecule has 1 aliphatic carbocycles. The first-order valence-electron chi connectivity index (χ1n) is 7.65. The van der Waals surface area contributed by atoms with E-state index in [1.54, 1.807) is 24.3 Å². The van der Waals surface area contributed by atoms with Gasteiger partial charge in [0.25, 0.3) is 0 Å². The second-order valence-corrected chi connectivity index (χ2v) is 5.56. The molecule has 0 unspecified atom stereocenters. The van der Waals surface area contributed by atoms with Crippen LogP contribution >= 0.6 is 0 Å². The molecule has 22 heavy (non-hydrogen) atoms. The molecule has 0 fully saturated rings. The Kier molecular flexibility index (Phi) is 4.29. The van der Waals surface area contributed by atoms with Crippen LogP contribution in [-0.2, 0) is 0 Å². The van der Waals surface area contributed by atoms with Gasteiger partial charge in [-0.2, -0.15) is 0 Å². The molecule has 0 N–H and O–H groups in total. The molecule has 1 aliphatic rings. The lowest BCUT2D eigenvalue weighted by molar-refractivity contribution is 0.0832. The summed E-state index contributed by atoms with van der Waals surface area (Å²) in [7, 11) is 0. The van der Waals surface area contributed by atoms with E-state index in [9.17, 15) is 9.59 Å². The third-order valence-electron chi connectivity index (χ3n) is 4.09. The summed E-state index contributed by atoms with van der Waals surface area (Å²) in [5, 5.41) is 0. The average molecular weight is 290 g/mol. The first kappa shape index (κ1) is 14.5. The smallest absolute Gasteiger partial charge is 0.177 e. The summed E-state index contributed by atoms with van der Waals surface area (Å²) in [4.78, 5) is 25.8. The maximum absolute atomic E-state index is 12.9. The van der Waals surface area contributed by atoms with Gasteiger partial charge in [0.2, 0.25) is 0 Å². The van der Waals surface area contributed by atoms with Gasteiger partial charge in [0.05, 0.1) is 0 Å². The molecule has 0 saturated carbocycles. The van der Waals surface area contributed by atoms with E-state index in [1.807, 2.05) is 36.4 Å². The molecule has 0 bridgehead atoms. The van der Waals surface area contributed by atoms with Gasteiger partial charge in [0.15, 0.2) is 11.6 Å². The summed E-state index contributed by atoms with van der Waals surface area (Å²) in [5.74, 6) is -0.863. The van der Waals surface area contributed by atoms with Crippen molar-refractivity contribution in [3.05, 3.63) is 83.4 Å². The largest absolute Gasteiger partial charge is 0.293 e.